The molecule has 5 nitrogen and oxygen atoms in total. The van der Waals surface area contributed by atoms with Gasteiger partial charge in [0.15, 0.2) is 0 Å². The number of morpholine rings is 1. The summed E-state index contributed by atoms with van der Waals surface area (Å²) in [6, 6.07) is 3.87. The lowest BCUT2D eigenvalue weighted by molar-refractivity contribution is -0.128. The lowest BCUT2D eigenvalue weighted by atomic mass is 9.99. The van der Waals surface area contributed by atoms with Crippen LogP contribution >= 0.6 is 0 Å². The molecule has 1 aromatic rings. The fourth-order valence-electron chi connectivity index (χ4n) is 3.65. The predicted octanol–water partition coefficient (Wildman–Crippen LogP) is 1.20. The summed E-state index contributed by atoms with van der Waals surface area (Å²) in [5.74, 6) is 1.03. The highest BCUT2D eigenvalue weighted by atomic mass is 16.5. The monoisotopic (exact) mass is 301 g/mol. The molecule has 3 unspecified atom stereocenters. The SMILES string of the molecule is O=C(NCc1cccnc1)C1CC2CN(CC3CC3)CC1O2. The number of amides is 1. The average molecular weight is 301 g/mol. The van der Waals surface area contributed by atoms with Gasteiger partial charge in [0.1, 0.15) is 0 Å². The van der Waals surface area contributed by atoms with E-state index in [-0.39, 0.29) is 24.0 Å². The first-order chi connectivity index (χ1) is 10.8. The van der Waals surface area contributed by atoms with Crippen LogP contribution in [0.5, 0.6) is 0 Å². The molecule has 5 heteroatoms. The zero-order valence-corrected chi connectivity index (χ0v) is 12.8. The van der Waals surface area contributed by atoms with Crippen LogP contribution in [0.1, 0.15) is 24.8 Å². The van der Waals surface area contributed by atoms with Crippen molar-refractivity contribution >= 4 is 5.91 Å². The third kappa shape index (κ3) is 3.15. The molecule has 1 aliphatic carbocycles. The largest absolute Gasteiger partial charge is 0.371 e. The molecule has 3 fully saturated rings. The van der Waals surface area contributed by atoms with Gasteiger partial charge in [0.2, 0.25) is 5.91 Å². The molecule has 3 aliphatic rings. The van der Waals surface area contributed by atoms with Gasteiger partial charge in [-0.15, -0.1) is 0 Å². The maximum Gasteiger partial charge on any atom is 0.226 e. The van der Waals surface area contributed by atoms with E-state index in [0.29, 0.717) is 6.54 Å². The summed E-state index contributed by atoms with van der Waals surface area (Å²) in [4.78, 5) is 19.1. The number of nitrogens with zero attached hydrogens (tertiary/aromatic N) is 2. The smallest absolute Gasteiger partial charge is 0.226 e. The standard InChI is InChI=1S/C17H23N3O2/c21-17(19-8-13-2-1-5-18-7-13)15-6-14-10-20(9-12-3-4-12)11-16(15)22-14/h1-2,5,7,12,14-16H,3-4,6,8-11H2,(H,19,21). The lowest BCUT2D eigenvalue weighted by Gasteiger charge is -2.32. The van der Waals surface area contributed by atoms with Crippen molar-refractivity contribution in [3.05, 3.63) is 30.1 Å². The molecule has 3 heterocycles. The van der Waals surface area contributed by atoms with Gasteiger partial charge in [0.25, 0.3) is 0 Å². The van der Waals surface area contributed by atoms with Crippen molar-refractivity contribution in [2.75, 3.05) is 19.6 Å². The Morgan fingerprint density at radius 2 is 2.32 bits per heavy atom. The molecule has 1 amide bonds. The van der Waals surface area contributed by atoms with Gasteiger partial charge in [0.05, 0.1) is 18.1 Å². The Bertz CT molecular complexity index is 532. The van der Waals surface area contributed by atoms with Crippen LogP contribution in [-0.4, -0.2) is 47.6 Å². The van der Waals surface area contributed by atoms with E-state index in [2.05, 4.69) is 15.2 Å². The number of rotatable bonds is 5. The lowest BCUT2D eigenvalue weighted by Crippen LogP contribution is -2.46. The maximum atomic E-state index is 12.5. The number of hydrogen-bond acceptors (Lipinski definition) is 4. The summed E-state index contributed by atoms with van der Waals surface area (Å²) < 4.78 is 6.00. The maximum absolute atomic E-state index is 12.5. The van der Waals surface area contributed by atoms with Gasteiger partial charge in [0, 0.05) is 38.6 Å². The highest BCUT2D eigenvalue weighted by Gasteiger charge is 2.45. The van der Waals surface area contributed by atoms with Gasteiger partial charge in [-0.2, -0.15) is 0 Å². The third-order valence-corrected chi connectivity index (χ3v) is 4.97. The summed E-state index contributed by atoms with van der Waals surface area (Å²) in [5, 5.41) is 3.04. The van der Waals surface area contributed by atoms with Crippen LogP contribution in [0.2, 0.25) is 0 Å². The molecule has 22 heavy (non-hydrogen) atoms. The fraction of sp³-hybridized carbons (Fsp3) is 0.647. The highest BCUT2D eigenvalue weighted by Crippen LogP contribution is 2.35. The molecule has 0 aromatic carbocycles. The number of likely N-dealkylation sites (tertiary alicyclic amines) is 1. The molecule has 0 spiro atoms. The summed E-state index contributed by atoms with van der Waals surface area (Å²) in [5.41, 5.74) is 1.04. The van der Waals surface area contributed by atoms with Crippen LogP contribution in [0.4, 0.5) is 0 Å². The Kier molecular flexibility index (Phi) is 3.84. The molecule has 1 N–H and O–H groups in total. The first-order valence-corrected chi connectivity index (χ1v) is 8.32. The minimum absolute atomic E-state index is 0.00544. The molecule has 4 rings (SSSR count). The molecule has 0 radical (unpaired) electrons. The second-order valence-electron chi connectivity index (χ2n) is 6.88. The molecule has 3 atom stereocenters. The van der Waals surface area contributed by atoms with E-state index < -0.39 is 0 Å². The Hall–Kier alpha value is -1.46. The number of ether oxygens (including phenoxy) is 1. The van der Waals surface area contributed by atoms with Gasteiger partial charge in [-0.25, -0.2) is 0 Å². The molecule has 2 saturated heterocycles. The second kappa shape index (κ2) is 5.97. The van der Waals surface area contributed by atoms with Gasteiger partial charge in [-0.1, -0.05) is 6.07 Å². The second-order valence-corrected chi connectivity index (χ2v) is 6.88. The van der Waals surface area contributed by atoms with Crippen LogP contribution in [0.15, 0.2) is 24.5 Å². The molecule has 2 aliphatic heterocycles. The molecule has 2 bridgehead atoms. The van der Waals surface area contributed by atoms with E-state index in [1.807, 2.05) is 12.1 Å². The van der Waals surface area contributed by atoms with E-state index in [4.69, 9.17) is 4.74 Å². The number of nitrogens with one attached hydrogen (secondary N) is 1. The van der Waals surface area contributed by atoms with Crippen molar-refractivity contribution in [1.82, 2.24) is 15.2 Å². The van der Waals surface area contributed by atoms with E-state index in [1.165, 1.54) is 19.4 Å². The van der Waals surface area contributed by atoms with Crippen molar-refractivity contribution in [3.63, 3.8) is 0 Å². The Morgan fingerprint density at radius 3 is 3.09 bits per heavy atom. The van der Waals surface area contributed by atoms with E-state index in [9.17, 15) is 4.79 Å². The summed E-state index contributed by atoms with van der Waals surface area (Å²) in [6.07, 6.45) is 7.47. The number of pyridine rings is 1. The summed E-state index contributed by atoms with van der Waals surface area (Å²) in [6.45, 7) is 3.66. The minimum atomic E-state index is 0.00544. The Labute approximate surface area is 131 Å². The van der Waals surface area contributed by atoms with E-state index >= 15 is 0 Å². The van der Waals surface area contributed by atoms with Crippen molar-refractivity contribution in [1.29, 1.82) is 0 Å². The van der Waals surface area contributed by atoms with Crippen LogP contribution < -0.4 is 5.32 Å². The van der Waals surface area contributed by atoms with Crippen molar-refractivity contribution in [3.8, 4) is 0 Å². The topological polar surface area (TPSA) is 54.5 Å². The fourth-order valence-corrected chi connectivity index (χ4v) is 3.65. The molecule has 1 saturated carbocycles. The summed E-state index contributed by atoms with van der Waals surface area (Å²) in [7, 11) is 0. The third-order valence-electron chi connectivity index (χ3n) is 4.97. The van der Waals surface area contributed by atoms with Gasteiger partial charge in [-0.3, -0.25) is 14.7 Å². The normalized spacial score (nSPS) is 31.2. The average Bonchev–Trinajstić information content (AvgIpc) is 3.29. The van der Waals surface area contributed by atoms with Gasteiger partial charge < -0.3 is 10.1 Å². The van der Waals surface area contributed by atoms with Crippen LogP contribution in [0.3, 0.4) is 0 Å². The molecular formula is C17H23N3O2. The van der Waals surface area contributed by atoms with Crippen molar-refractivity contribution in [2.45, 2.75) is 38.0 Å². The zero-order chi connectivity index (χ0) is 14.9. The van der Waals surface area contributed by atoms with Crippen molar-refractivity contribution in [2.24, 2.45) is 11.8 Å². The Morgan fingerprint density at radius 1 is 1.41 bits per heavy atom. The van der Waals surface area contributed by atoms with Gasteiger partial charge in [-0.05, 0) is 36.8 Å². The predicted molar refractivity (Wildman–Crippen MR) is 82.0 cm³/mol. The summed E-state index contributed by atoms with van der Waals surface area (Å²) >= 11 is 0. The number of aromatic nitrogens is 1. The first kappa shape index (κ1) is 14.2. The number of carbonyl (C=O) groups is 1. The van der Waals surface area contributed by atoms with Crippen molar-refractivity contribution < 1.29 is 9.53 Å². The van der Waals surface area contributed by atoms with Crippen LogP contribution in [0, 0.1) is 11.8 Å². The zero-order valence-electron chi connectivity index (χ0n) is 12.8. The molecular weight excluding hydrogens is 278 g/mol. The first-order valence-electron chi connectivity index (χ1n) is 8.32. The minimum Gasteiger partial charge on any atom is -0.371 e. The van der Waals surface area contributed by atoms with Crippen LogP contribution in [-0.2, 0) is 16.1 Å². The number of carbonyl (C=O) groups excluding carboxylic acids is 1. The molecule has 1 aromatic heterocycles. The number of fused-ring (bicyclic) bond motifs is 2. The molecule has 118 valence electrons. The quantitative estimate of drug-likeness (QED) is 0.888. The Balaban J connectivity index is 1.31. The highest BCUT2D eigenvalue weighted by molar-refractivity contribution is 5.79. The van der Waals surface area contributed by atoms with Gasteiger partial charge >= 0.3 is 0 Å². The van der Waals surface area contributed by atoms with E-state index in [1.54, 1.807) is 12.4 Å². The van der Waals surface area contributed by atoms with Crippen LogP contribution in [0.25, 0.3) is 0 Å². The van der Waals surface area contributed by atoms with E-state index in [0.717, 1.165) is 31.0 Å². The number of hydrogen-bond donors (Lipinski definition) is 1.